The first kappa shape index (κ1) is 16.0. The number of nitrogens with one attached hydrogen (secondary N) is 1. The van der Waals surface area contributed by atoms with E-state index in [0.29, 0.717) is 0 Å². The molecule has 0 aromatic heterocycles. The van der Waals surface area contributed by atoms with Crippen molar-refractivity contribution < 1.29 is 9.13 Å². The zero-order valence-corrected chi connectivity index (χ0v) is 14.0. The zero-order chi connectivity index (χ0) is 15.4. The summed E-state index contributed by atoms with van der Waals surface area (Å²) in [6.07, 6.45) is 0.747. The minimum absolute atomic E-state index is 0.0994. The van der Waals surface area contributed by atoms with Gasteiger partial charge in [-0.05, 0) is 49.7 Å². The molecule has 2 aromatic rings. The molecule has 0 radical (unpaired) electrons. The van der Waals surface area contributed by atoms with Crippen LogP contribution in [0.1, 0.15) is 22.7 Å². The summed E-state index contributed by atoms with van der Waals surface area (Å²) in [6, 6.07) is 11.1. The van der Waals surface area contributed by atoms with Gasteiger partial charge in [0.1, 0.15) is 11.6 Å². The van der Waals surface area contributed by atoms with Gasteiger partial charge in [-0.25, -0.2) is 4.39 Å². The van der Waals surface area contributed by atoms with Crippen molar-refractivity contribution in [3.63, 3.8) is 0 Å². The molecule has 1 N–H and O–H groups in total. The monoisotopic (exact) mass is 351 g/mol. The van der Waals surface area contributed by atoms with Crippen molar-refractivity contribution in [2.45, 2.75) is 19.4 Å². The first-order valence-corrected chi connectivity index (χ1v) is 7.60. The van der Waals surface area contributed by atoms with Crippen LogP contribution in [0.25, 0.3) is 0 Å². The normalized spacial score (nSPS) is 12.2. The summed E-state index contributed by atoms with van der Waals surface area (Å²) in [5.41, 5.74) is 3.31. The second-order valence-electron chi connectivity index (χ2n) is 5.03. The third kappa shape index (κ3) is 3.83. The molecule has 0 heterocycles. The van der Waals surface area contributed by atoms with E-state index in [-0.39, 0.29) is 11.9 Å². The van der Waals surface area contributed by atoms with Crippen molar-refractivity contribution in [3.05, 3.63) is 63.4 Å². The molecule has 1 unspecified atom stereocenters. The average Bonchev–Trinajstić information content (AvgIpc) is 2.47. The molecule has 0 amide bonds. The Kier molecular flexibility index (Phi) is 5.37. The number of aryl methyl sites for hydroxylation is 1. The van der Waals surface area contributed by atoms with E-state index in [0.717, 1.165) is 33.3 Å². The molecule has 2 aromatic carbocycles. The third-order valence-corrected chi connectivity index (χ3v) is 4.29. The Hall–Kier alpha value is -1.39. The highest BCUT2D eigenvalue weighted by atomic mass is 79.9. The van der Waals surface area contributed by atoms with E-state index in [2.05, 4.69) is 33.4 Å². The Morgan fingerprint density at radius 1 is 1.24 bits per heavy atom. The van der Waals surface area contributed by atoms with Gasteiger partial charge in [0.2, 0.25) is 0 Å². The lowest BCUT2D eigenvalue weighted by Crippen LogP contribution is -2.20. The van der Waals surface area contributed by atoms with Gasteiger partial charge in [0, 0.05) is 16.1 Å². The number of likely N-dealkylation sites (N-methyl/N-ethyl adjacent to an activating group) is 1. The summed E-state index contributed by atoms with van der Waals surface area (Å²) < 4.78 is 19.5. The van der Waals surface area contributed by atoms with Crippen LogP contribution in [0.15, 0.2) is 40.9 Å². The molecule has 0 bridgehead atoms. The van der Waals surface area contributed by atoms with Gasteiger partial charge < -0.3 is 10.1 Å². The molecular formula is C17H19BrFNO. The number of rotatable bonds is 5. The van der Waals surface area contributed by atoms with Crippen LogP contribution in [-0.4, -0.2) is 14.2 Å². The molecule has 2 nitrogen and oxygen atoms in total. The van der Waals surface area contributed by atoms with Gasteiger partial charge in [-0.3, -0.25) is 0 Å². The van der Waals surface area contributed by atoms with Crippen molar-refractivity contribution in [3.8, 4) is 5.75 Å². The van der Waals surface area contributed by atoms with Gasteiger partial charge in [-0.2, -0.15) is 0 Å². The molecule has 4 heteroatoms. The SMILES string of the molecule is CNC(Cc1ccc(F)cc1Br)c1ccc(C)cc1OC. The van der Waals surface area contributed by atoms with Crippen LogP contribution in [-0.2, 0) is 6.42 Å². The molecule has 1 atom stereocenters. The highest BCUT2D eigenvalue weighted by Crippen LogP contribution is 2.30. The second-order valence-corrected chi connectivity index (χ2v) is 5.88. The van der Waals surface area contributed by atoms with Gasteiger partial charge in [-0.15, -0.1) is 0 Å². The van der Waals surface area contributed by atoms with E-state index in [1.54, 1.807) is 7.11 Å². The molecule has 0 spiro atoms. The van der Waals surface area contributed by atoms with E-state index in [1.165, 1.54) is 12.1 Å². The maximum Gasteiger partial charge on any atom is 0.124 e. The van der Waals surface area contributed by atoms with Gasteiger partial charge in [0.15, 0.2) is 0 Å². The van der Waals surface area contributed by atoms with Crippen LogP contribution >= 0.6 is 15.9 Å². The predicted molar refractivity (Wildman–Crippen MR) is 87.3 cm³/mol. The lowest BCUT2D eigenvalue weighted by atomic mass is 9.97. The van der Waals surface area contributed by atoms with Crippen LogP contribution in [0.3, 0.4) is 0 Å². The topological polar surface area (TPSA) is 21.3 Å². The van der Waals surface area contributed by atoms with E-state index >= 15 is 0 Å². The molecule has 0 saturated heterocycles. The van der Waals surface area contributed by atoms with Gasteiger partial charge in [0.05, 0.1) is 7.11 Å². The lowest BCUT2D eigenvalue weighted by molar-refractivity contribution is 0.401. The molecule has 0 aliphatic rings. The minimum Gasteiger partial charge on any atom is -0.496 e. The van der Waals surface area contributed by atoms with E-state index in [9.17, 15) is 4.39 Å². The number of hydrogen-bond acceptors (Lipinski definition) is 2. The predicted octanol–water partition coefficient (Wildman–Crippen LogP) is 4.41. The molecule has 21 heavy (non-hydrogen) atoms. The maximum atomic E-state index is 13.2. The summed E-state index contributed by atoms with van der Waals surface area (Å²) in [5, 5.41) is 3.31. The van der Waals surface area contributed by atoms with Gasteiger partial charge in [-0.1, -0.05) is 34.1 Å². The number of hydrogen-bond donors (Lipinski definition) is 1. The van der Waals surface area contributed by atoms with Crippen molar-refractivity contribution >= 4 is 15.9 Å². The Morgan fingerprint density at radius 2 is 2.00 bits per heavy atom. The average molecular weight is 352 g/mol. The Bertz CT molecular complexity index is 630. The molecule has 2 rings (SSSR count). The molecule has 0 saturated carbocycles. The van der Waals surface area contributed by atoms with E-state index < -0.39 is 0 Å². The van der Waals surface area contributed by atoms with Crippen molar-refractivity contribution in [2.75, 3.05) is 14.2 Å². The fraction of sp³-hybridized carbons (Fsp3) is 0.294. The third-order valence-electron chi connectivity index (χ3n) is 3.55. The minimum atomic E-state index is -0.237. The van der Waals surface area contributed by atoms with Gasteiger partial charge >= 0.3 is 0 Å². The highest BCUT2D eigenvalue weighted by Gasteiger charge is 2.16. The fourth-order valence-electron chi connectivity index (χ4n) is 2.38. The maximum absolute atomic E-state index is 13.2. The highest BCUT2D eigenvalue weighted by molar-refractivity contribution is 9.10. The quantitative estimate of drug-likeness (QED) is 0.861. The van der Waals surface area contributed by atoms with Crippen LogP contribution in [0, 0.1) is 12.7 Å². The summed E-state index contributed by atoms with van der Waals surface area (Å²) in [6.45, 7) is 2.04. The van der Waals surface area contributed by atoms with Crippen molar-refractivity contribution in [2.24, 2.45) is 0 Å². The van der Waals surface area contributed by atoms with Crippen LogP contribution in [0.2, 0.25) is 0 Å². The number of methoxy groups -OCH3 is 1. The first-order valence-electron chi connectivity index (χ1n) is 6.81. The lowest BCUT2D eigenvalue weighted by Gasteiger charge is -2.20. The largest absolute Gasteiger partial charge is 0.496 e. The molecule has 0 aliphatic carbocycles. The number of halogens is 2. The van der Waals surface area contributed by atoms with Crippen LogP contribution in [0.4, 0.5) is 4.39 Å². The van der Waals surface area contributed by atoms with E-state index in [4.69, 9.17) is 4.74 Å². The Balaban J connectivity index is 2.32. The number of ether oxygens (including phenoxy) is 1. The molecule has 0 aliphatic heterocycles. The second kappa shape index (κ2) is 7.05. The summed E-state index contributed by atoms with van der Waals surface area (Å²) >= 11 is 3.43. The Labute approximate surface area is 133 Å². The van der Waals surface area contributed by atoms with Crippen molar-refractivity contribution in [1.82, 2.24) is 5.32 Å². The number of benzene rings is 2. The molecular weight excluding hydrogens is 333 g/mol. The van der Waals surface area contributed by atoms with Crippen molar-refractivity contribution in [1.29, 1.82) is 0 Å². The summed E-state index contributed by atoms with van der Waals surface area (Å²) in [4.78, 5) is 0. The molecule has 112 valence electrons. The van der Waals surface area contributed by atoms with Crippen LogP contribution in [0.5, 0.6) is 5.75 Å². The standard InChI is InChI=1S/C17H19BrFNO/c1-11-4-7-14(17(8-11)21-3)16(20-2)9-12-5-6-13(19)10-15(12)18/h4-8,10,16,20H,9H2,1-3H3. The summed E-state index contributed by atoms with van der Waals surface area (Å²) in [5.74, 6) is 0.632. The fourth-order valence-corrected chi connectivity index (χ4v) is 2.89. The van der Waals surface area contributed by atoms with Crippen LogP contribution < -0.4 is 10.1 Å². The van der Waals surface area contributed by atoms with E-state index in [1.807, 2.05) is 26.1 Å². The zero-order valence-electron chi connectivity index (χ0n) is 12.4. The Morgan fingerprint density at radius 3 is 2.62 bits per heavy atom. The first-order chi connectivity index (χ1) is 10.0. The van der Waals surface area contributed by atoms with Gasteiger partial charge in [0.25, 0.3) is 0 Å². The molecule has 0 fully saturated rings. The smallest absolute Gasteiger partial charge is 0.124 e. The summed E-state index contributed by atoms with van der Waals surface area (Å²) in [7, 11) is 3.60.